The first-order chi connectivity index (χ1) is 13.2. The summed E-state index contributed by atoms with van der Waals surface area (Å²) in [4.78, 5) is 18.6. The van der Waals surface area contributed by atoms with E-state index in [0.717, 1.165) is 24.0 Å². The molecule has 27 heavy (non-hydrogen) atoms. The molecule has 1 aromatic heterocycles. The lowest BCUT2D eigenvalue weighted by molar-refractivity contribution is 0.221. The third-order valence-corrected chi connectivity index (χ3v) is 6.22. The van der Waals surface area contributed by atoms with Crippen LogP contribution in [0.1, 0.15) is 36.8 Å². The average molecular weight is 362 g/mol. The molecule has 5 rings (SSSR count). The van der Waals surface area contributed by atoms with Crippen molar-refractivity contribution >= 4 is 23.7 Å². The predicted molar refractivity (Wildman–Crippen MR) is 109 cm³/mol. The van der Waals surface area contributed by atoms with Gasteiger partial charge in [0.1, 0.15) is 5.82 Å². The van der Waals surface area contributed by atoms with E-state index in [-0.39, 0.29) is 0 Å². The molecule has 0 amide bonds. The Morgan fingerprint density at radius 3 is 2.70 bits per heavy atom. The number of piperidine rings is 1. The van der Waals surface area contributed by atoms with Gasteiger partial charge >= 0.3 is 0 Å². The van der Waals surface area contributed by atoms with Crippen molar-refractivity contribution in [3.8, 4) is 0 Å². The quantitative estimate of drug-likeness (QED) is 0.905. The highest BCUT2D eigenvalue weighted by Crippen LogP contribution is 2.39. The van der Waals surface area contributed by atoms with Gasteiger partial charge in [-0.3, -0.25) is 4.99 Å². The number of aliphatic imine (C=N–C) groups is 1. The van der Waals surface area contributed by atoms with Gasteiger partial charge in [0.2, 0.25) is 5.95 Å². The van der Waals surface area contributed by atoms with Crippen LogP contribution < -0.4 is 10.2 Å². The van der Waals surface area contributed by atoms with Gasteiger partial charge in [-0.15, -0.1) is 0 Å². The smallest absolute Gasteiger partial charge is 0.227 e. The van der Waals surface area contributed by atoms with Crippen LogP contribution in [0.3, 0.4) is 0 Å². The van der Waals surface area contributed by atoms with Crippen molar-refractivity contribution in [3.05, 3.63) is 41.6 Å². The highest BCUT2D eigenvalue weighted by atomic mass is 15.3. The van der Waals surface area contributed by atoms with Crippen molar-refractivity contribution in [1.82, 2.24) is 14.9 Å². The molecule has 3 aliphatic heterocycles. The Morgan fingerprint density at radius 1 is 1.11 bits per heavy atom. The van der Waals surface area contributed by atoms with Gasteiger partial charge in [0.15, 0.2) is 0 Å². The summed E-state index contributed by atoms with van der Waals surface area (Å²) in [6.45, 7) is 0.791. The summed E-state index contributed by atoms with van der Waals surface area (Å²) >= 11 is 0. The second kappa shape index (κ2) is 6.60. The maximum absolute atomic E-state index is 4.85. The van der Waals surface area contributed by atoms with E-state index in [1.807, 2.05) is 18.5 Å². The van der Waals surface area contributed by atoms with E-state index >= 15 is 0 Å². The van der Waals surface area contributed by atoms with Crippen molar-refractivity contribution in [2.24, 2.45) is 4.99 Å². The van der Waals surface area contributed by atoms with E-state index in [1.165, 1.54) is 36.8 Å². The van der Waals surface area contributed by atoms with E-state index in [2.05, 4.69) is 57.4 Å². The number of nitrogens with zero attached hydrogens (tertiary/aromatic N) is 5. The van der Waals surface area contributed by atoms with Crippen molar-refractivity contribution in [1.29, 1.82) is 0 Å². The zero-order chi connectivity index (χ0) is 18.4. The first-order valence-corrected chi connectivity index (χ1v) is 9.85. The van der Waals surface area contributed by atoms with Crippen LogP contribution in [0.5, 0.6) is 0 Å². The van der Waals surface area contributed by atoms with E-state index in [9.17, 15) is 0 Å². The molecule has 2 bridgehead atoms. The molecule has 6 heteroatoms. The lowest BCUT2D eigenvalue weighted by Gasteiger charge is -2.41. The molecule has 2 aromatic rings. The fourth-order valence-electron chi connectivity index (χ4n) is 4.77. The van der Waals surface area contributed by atoms with Crippen molar-refractivity contribution in [2.45, 2.75) is 50.4 Å². The normalized spacial score (nSPS) is 25.9. The Morgan fingerprint density at radius 2 is 1.93 bits per heavy atom. The van der Waals surface area contributed by atoms with Crippen molar-refractivity contribution < 1.29 is 0 Å². The molecular formula is C21H26N6. The molecule has 3 aliphatic rings. The van der Waals surface area contributed by atoms with Crippen LogP contribution in [-0.4, -0.2) is 53.3 Å². The molecule has 2 fully saturated rings. The minimum Gasteiger partial charge on any atom is -0.340 e. The molecule has 0 aliphatic carbocycles. The molecule has 140 valence electrons. The van der Waals surface area contributed by atoms with Crippen LogP contribution >= 0.6 is 0 Å². The Bertz CT molecular complexity index is 863. The lowest BCUT2D eigenvalue weighted by Crippen LogP contribution is -2.49. The van der Waals surface area contributed by atoms with Gasteiger partial charge in [-0.1, -0.05) is 6.07 Å². The number of anilines is 3. The van der Waals surface area contributed by atoms with E-state index in [0.29, 0.717) is 18.1 Å². The summed E-state index contributed by atoms with van der Waals surface area (Å²) in [5, 5.41) is 3.44. The third-order valence-electron chi connectivity index (χ3n) is 6.22. The van der Waals surface area contributed by atoms with E-state index in [1.54, 1.807) is 0 Å². The second-order valence-corrected chi connectivity index (χ2v) is 8.13. The summed E-state index contributed by atoms with van der Waals surface area (Å²) in [6, 6.07) is 10.1. The Kier molecular flexibility index (Phi) is 4.08. The number of aromatic nitrogens is 2. The third kappa shape index (κ3) is 3.08. The van der Waals surface area contributed by atoms with Crippen LogP contribution in [0, 0.1) is 0 Å². The minimum atomic E-state index is 0.558. The molecule has 1 aromatic carbocycles. The first-order valence-electron chi connectivity index (χ1n) is 9.85. The van der Waals surface area contributed by atoms with Gasteiger partial charge in [-0.25, -0.2) is 4.98 Å². The van der Waals surface area contributed by atoms with Gasteiger partial charge in [0.25, 0.3) is 0 Å². The fraction of sp³-hybridized carbons (Fsp3) is 0.476. The Balaban J connectivity index is 1.36. The van der Waals surface area contributed by atoms with Crippen molar-refractivity contribution in [3.63, 3.8) is 0 Å². The summed E-state index contributed by atoms with van der Waals surface area (Å²) in [5.74, 6) is 1.72. The van der Waals surface area contributed by atoms with Gasteiger partial charge in [-0.2, -0.15) is 4.98 Å². The predicted octanol–water partition coefficient (Wildman–Crippen LogP) is 3.21. The van der Waals surface area contributed by atoms with Crippen LogP contribution in [0.25, 0.3) is 0 Å². The highest BCUT2D eigenvalue weighted by molar-refractivity contribution is 5.86. The van der Waals surface area contributed by atoms with Crippen LogP contribution in [0.2, 0.25) is 0 Å². The molecule has 2 saturated heterocycles. The van der Waals surface area contributed by atoms with Gasteiger partial charge in [0.05, 0.1) is 6.54 Å². The maximum atomic E-state index is 4.85. The highest BCUT2D eigenvalue weighted by Gasteiger charge is 2.42. The van der Waals surface area contributed by atoms with Crippen LogP contribution in [0.15, 0.2) is 35.5 Å². The summed E-state index contributed by atoms with van der Waals surface area (Å²) in [6.07, 6.45) is 8.72. The number of rotatable bonds is 4. The minimum absolute atomic E-state index is 0.558. The lowest BCUT2D eigenvalue weighted by atomic mass is 9.97. The topological polar surface area (TPSA) is 56.6 Å². The zero-order valence-electron chi connectivity index (χ0n) is 16.0. The van der Waals surface area contributed by atoms with Crippen LogP contribution in [0.4, 0.5) is 17.5 Å². The number of nitrogens with one attached hydrogen (secondary N) is 1. The molecule has 0 saturated carbocycles. The molecule has 2 atom stereocenters. The maximum Gasteiger partial charge on any atom is 0.227 e. The first kappa shape index (κ1) is 16.7. The molecule has 0 radical (unpaired) electrons. The number of hydrogen-bond acceptors (Lipinski definition) is 6. The second-order valence-electron chi connectivity index (χ2n) is 8.13. The van der Waals surface area contributed by atoms with E-state index < -0.39 is 0 Å². The van der Waals surface area contributed by atoms with Crippen molar-refractivity contribution in [2.75, 3.05) is 24.3 Å². The standard InChI is InChI=1S/C21H26N6/c1-26(2)19-10-17-5-6-18(11-19)27(17)21-23-8-7-20(25-21)24-16-4-3-14-12-22-13-15(14)9-16/h3-4,7-9,13,17-19H,5-6,10-12H2,1-2H3,(H,23,24,25). The summed E-state index contributed by atoms with van der Waals surface area (Å²) < 4.78 is 0. The molecule has 0 spiro atoms. The van der Waals surface area contributed by atoms with E-state index in [4.69, 9.17) is 4.98 Å². The average Bonchev–Trinajstić information content (AvgIpc) is 3.23. The summed E-state index contributed by atoms with van der Waals surface area (Å²) in [5.41, 5.74) is 3.52. The zero-order valence-corrected chi connectivity index (χ0v) is 16.0. The molecular weight excluding hydrogens is 336 g/mol. The van der Waals surface area contributed by atoms with Gasteiger partial charge < -0.3 is 15.1 Å². The largest absolute Gasteiger partial charge is 0.340 e. The molecule has 2 unspecified atom stereocenters. The summed E-state index contributed by atoms with van der Waals surface area (Å²) in [7, 11) is 4.39. The Hall–Kier alpha value is -2.47. The van der Waals surface area contributed by atoms with Gasteiger partial charge in [0, 0.05) is 36.2 Å². The molecule has 1 N–H and O–H groups in total. The number of benzene rings is 1. The van der Waals surface area contributed by atoms with Gasteiger partial charge in [-0.05, 0) is 69.1 Å². The molecule has 6 nitrogen and oxygen atoms in total. The Labute approximate surface area is 160 Å². The van der Waals surface area contributed by atoms with Crippen LogP contribution in [-0.2, 0) is 6.54 Å². The number of fused-ring (bicyclic) bond motifs is 3. The molecule has 4 heterocycles. The SMILES string of the molecule is CN(C)C1CC2CCC(C1)N2c1nccc(Nc2ccc3c(c2)C=NC3)n1. The fourth-order valence-corrected chi connectivity index (χ4v) is 4.77. The monoisotopic (exact) mass is 362 g/mol. The number of hydrogen-bond donors (Lipinski definition) is 1.